The van der Waals surface area contributed by atoms with Gasteiger partial charge >= 0.3 is 0 Å². The zero-order valence-corrected chi connectivity index (χ0v) is 10.9. The van der Waals surface area contributed by atoms with Crippen molar-refractivity contribution in [3.63, 3.8) is 0 Å². The SMILES string of the molecule is Cc1cccc(C2Cc3ccccc3C(C=O)O2)c1. The van der Waals surface area contributed by atoms with Crippen LogP contribution in [0.2, 0.25) is 0 Å². The summed E-state index contributed by atoms with van der Waals surface area (Å²) in [6.07, 6.45) is 1.23. The highest BCUT2D eigenvalue weighted by molar-refractivity contribution is 5.62. The van der Waals surface area contributed by atoms with Gasteiger partial charge < -0.3 is 9.53 Å². The summed E-state index contributed by atoms with van der Waals surface area (Å²) in [5, 5.41) is 0. The Labute approximate surface area is 113 Å². The van der Waals surface area contributed by atoms with Crippen molar-refractivity contribution >= 4 is 6.29 Å². The maximum Gasteiger partial charge on any atom is 0.153 e. The Morgan fingerprint density at radius 1 is 1.16 bits per heavy atom. The largest absolute Gasteiger partial charge is 0.358 e. The van der Waals surface area contributed by atoms with Crippen molar-refractivity contribution in [2.75, 3.05) is 0 Å². The predicted molar refractivity (Wildman–Crippen MR) is 74.0 cm³/mol. The Morgan fingerprint density at radius 2 is 2.00 bits per heavy atom. The summed E-state index contributed by atoms with van der Waals surface area (Å²) in [4.78, 5) is 11.2. The highest BCUT2D eigenvalue weighted by Crippen LogP contribution is 2.36. The van der Waals surface area contributed by atoms with Crippen molar-refractivity contribution in [1.82, 2.24) is 0 Å². The molecule has 0 spiro atoms. The smallest absolute Gasteiger partial charge is 0.153 e. The van der Waals surface area contributed by atoms with Gasteiger partial charge in [0.2, 0.25) is 0 Å². The lowest BCUT2D eigenvalue weighted by atomic mass is 9.91. The fraction of sp³-hybridized carbons (Fsp3) is 0.235. The summed E-state index contributed by atoms with van der Waals surface area (Å²) < 4.78 is 5.94. The van der Waals surface area contributed by atoms with E-state index >= 15 is 0 Å². The van der Waals surface area contributed by atoms with E-state index in [0.717, 1.165) is 23.8 Å². The minimum atomic E-state index is -0.449. The van der Waals surface area contributed by atoms with E-state index in [1.807, 2.05) is 24.3 Å². The second-order valence-electron chi connectivity index (χ2n) is 5.00. The van der Waals surface area contributed by atoms with Crippen LogP contribution in [0, 0.1) is 6.92 Å². The molecule has 0 fully saturated rings. The maximum atomic E-state index is 11.2. The zero-order chi connectivity index (χ0) is 13.2. The maximum absolute atomic E-state index is 11.2. The van der Waals surface area contributed by atoms with E-state index in [0.29, 0.717) is 0 Å². The first-order valence-electron chi connectivity index (χ1n) is 6.53. The molecule has 0 N–H and O–H groups in total. The first-order chi connectivity index (χ1) is 9.28. The Hall–Kier alpha value is -1.93. The summed E-state index contributed by atoms with van der Waals surface area (Å²) in [6.45, 7) is 2.07. The molecule has 0 aromatic heterocycles. The molecule has 96 valence electrons. The number of fused-ring (bicyclic) bond motifs is 1. The molecule has 2 aromatic rings. The molecule has 3 rings (SSSR count). The minimum Gasteiger partial charge on any atom is -0.358 e. The van der Waals surface area contributed by atoms with Crippen molar-refractivity contribution in [2.45, 2.75) is 25.6 Å². The molecule has 0 saturated carbocycles. The Morgan fingerprint density at radius 3 is 2.79 bits per heavy atom. The van der Waals surface area contributed by atoms with Crippen molar-refractivity contribution in [3.8, 4) is 0 Å². The third kappa shape index (κ3) is 2.32. The average Bonchev–Trinajstić information content (AvgIpc) is 2.46. The average molecular weight is 252 g/mol. The molecule has 2 nitrogen and oxygen atoms in total. The Bertz CT molecular complexity index is 604. The highest BCUT2D eigenvalue weighted by atomic mass is 16.5. The molecule has 19 heavy (non-hydrogen) atoms. The number of hydrogen-bond acceptors (Lipinski definition) is 2. The lowest BCUT2D eigenvalue weighted by Gasteiger charge is -2.30. The highest BCUT2D eigenvalue weighted by Gasteiger charge is 2.27. The summed E-state index contributed by atoms with van der Waals surface area (Å²) in [5.74, 6) is 0. The first kappa shape index (κ1) is 12.1. The van der Waals surface area contributed by atoms with Gasteiger partial charge in [-0.25, -0.2) is 0 Å². The summed E-state index contributed by atoms with van der Waals surface area (Å²) in [7, 11) is 0. The molecule has 1 heterocycles. The number of rotatable bonds is 2. The van der Waals surface area contributed by atoms with Crippen LogP contribution in [0.4, 0.5) is 0 Å². The minimum absolute atomic E-state index is 0.0370. The molecular formula is C17H16O2. The van der Waals surface area contributed by atoms with Gasteiger partial charge in [-0.15, -0.1) is 0 Å². The number of aldehydes is 1. The van der Waals surface area contributed by atoms with Crippen LogP contribution in [-0.4, -0.2) is 6.29 Å². The van der Waals surface area contributed by atoms with Crippen molar-refractivity contribution in [2.24, 2.45) is 0 Å². The number of carbonyl (C=O) groups is 1. The van der Waals surface area contributed by atoms with E-state index in [2.05, 4.69) is 31.2 Å². The molecule has 0 bridgehead atoms. The van der Waals surface area contributed by atoms with Crippen LogP contribution >= 0.6 is 0 Å². The number of benzene rings is 2. The van der Waals surface area contributed by atoms with Gasteiger partial charge in [-0.3, -0.25) is 0 Å². The van der Waals surface area contributed by atoms with Crippen LogP contribution in [0.25, 0.3) is 0 Å². The third-order valence-corrected chi connectivity index (χ3v) is 3.62. The lowest BCUT2D eigenvalue weighted by molar-refractivity contribution is -0.124. The van der Waals surface area contributed by atoms with E-state index in [4.69, 9.17) is 4.74 Å². The topological polar surface area (TPSA) is 26.3 Å². The normalized spacial score (nSPS) is 21.7. The summed E-state index contributed by atoms with van der Waals surface area (Å²) in [6, 6.07) is 16.3. The van der Waals surface area contributed by atoms with Crippen molar-refractivity contribution in [1.29, 1.82) is 0 Å². The van der Waals surface area contributed by atoms with Crippen LogP contribution in [0.15, 0.2) is 48.5 Å². The monoisotopic (exact) mass is 252 g/mol. The quantitative estimate of drug-likeness (QED) is 0.764. The van der Waals surface area contributed by atoms with Crippen molar-refractivity contribution in [3.05, 3.63) is 70.8 Å². The van der Waals surface area contributed by atoms with Crippen LogP contribution in [-0.2, 0) is 16.0 Å². The number of ether oxygens (including phenoxy) is 1. The van der Waals surface area contributed by atoms with Gasteiger partial charge in [0.25, 0.3) is 0 Å². The molecule has 2 unspecified atom stereocenters. The van der Waals surface area contributed by atoms with Crippen LogP contribution < -0.4 is 0 Å². The van der Waals surface area contributed by atoms with Gasteiger partial charge in [-0.1, -0.05) is 54.1 Å². The van der Waals surface area contributed by atoms with Gasteiger partial charge in [0, 0.05) is 6.42 Å². The summed E-state index contributed by atoms with van der Waals surface area (Å²) >= 11 is 0. The zero-order valence-electron chi connectivity index (χ0n) is 10.9. The molecule has 0 aliphatic carbocycles. The number of hydrogen-bond donors (Lipinski definition) is 0. The molecule has 2 atom stereocenters. The molecule has 2 aromatic carbocycles. The summed E-state index contributed by atoms with van der Waals surface area (Å²) in [5.41, 5.74) is 4.56. The second-order valence-corrected chi connectivity index (χ2v) is 5.00. The van der Waals surface area contributed by atoms with E-state index in [9.17, 15) is 4.79 Å². The Kier molecular flexibility index (Phi) is 3.18. The molecule has 0 radical (unpaired) electrons. The van der Waals surface area contributed by atoms with Crippen LogP contribution in [0.3, 0.4) is 0 Å². The van der Waals surface area contributed by atoms with Gasteiger partial charge in [0.1, 0.15) is 6.10 Å². The molecule has 0 saturated heterocycles. The van der Waals surface area contributed by atoms with Gasteiger partial charge in [0.05, 0.1) is 6.10 Å². The molecule has 0 amide bonds. The molecule has 1 aliphatic heterocycles. The Balaban J connectivity index is 1.97. The van der Waals surface area contributed by atoms with E-state index < -0.39 is 6.10 Å². The predicted octanol–water partition coefficient (Wildman–Crippen LogP) is 3.55. The van der Waals surface area contributed by atoms with E-state index in [1.54, 1.807) is 0 Å². The van der Waals surface area contributed by atoms with Gasteiger partial charge in [0.15, 0.2) is 6.29 Å². The van der Waals surface area contributed by atoms with Crippen molar-refractivity contribution < 1.29 is 9.53 Å². The molecule has 2 heteroatoms. The first-order valence-corrected chi connectivity index (χ1v) is 6.53. The third-order valence-electron chi connectivity index (χ3n) is 3.62. The fourth-order valence-corrected chi connectivity index (χ4v) is 2.67. The fourth-order valence-electron chi connectivity index (χ4n) is 2.67. The molecule has 1 aliphatic rings. The van der Waals surface area contributed by atoms with Crippen LogP contribution in [0.5, 0.6) is 0 Å². The van der Waals surface area contributed by atoms with Gasteiger partial charge in [-0.05, 0) is 23.6 Å². The van der Waals surface area contributed by atoms with E-state index in [1.165, 1.54) is 11.1 Å². The molecular weight excluding hydrogens is 236 g/mol. The standard InChI is InChI=1S/C17H16O2/c1-12-5-4-7-14(9-12)16-10-13-6-2-3-8-15(13)17(11-18)19-16/h2-9,11,16-17H,10H2,1H3. The van der Waals surface area contributed by atoms with Crippen LogP contribution in [0.1, 0.15) is 34.5 Å². The lowest BCUT2D eigenvalue weighted by Crippen LogP contribution is -2.21. The second kappa shape index (κ2) is 4.98. The van der Waals surface area contributed by atoms with E-state index in [-0.39, 0.29) is 6.10 Å². The number of aryl methyl sites for hydroxylation is 1. The van der Waals surface area contributed by atoms with Gasteiger partial charge in [-0.2, -0.15) is 0 Å². The number of carbonyl (C=O) groups excluding carboxylic acids is 1.